The third-order valence-electron chi connectivity index (χ3n) is 5.30. The first-order valence-corrected chi connectivity index (χ1v) is 9.57. The van der Waals surface area contributed by atoms with E-state index in [2.05, 4.69) is 10.6 Å². The van der Waals surface area contributed by atoms with Crippen LogP contribution in [0.2, 0.25) is 0 Å². The minimum absolute atomic E-state index is 0.168. The number of nitrogens with one attached hydrogen (secondary N) is 2. The van der Waals surface area contributed by atoms with Crippen molar-refractivity contribution in [1.82, 2.24) is 10.6 Å². The molecule has 1 aliphatic heterocycles. The predicted molar refractivity (Wildman–Crippen MR) is 98.4 cm³/mol. The molecule has 1 unspecified atom stereocenters. The average Bonchev–Trinajstić information content (AvgIpc) is 3.33. The van der Waals surface area contributed by atoms with Crippen LogP contribution in [-0.2, 0) is 20.8 Å². The normalized spacial score (nSPS) is 17.0. The van der Waals surface area contributed by atoms with Crippen molar-refractivity contribution in [3.8, 4) is 5.75 Å². The summed E-state index contributed by atoms with van der Waals surface area (Å²) >= 11 is 0. The second-order valence-electron chi connectivity index (χ2n) is 7.27. The first-order chi connectivity index (χ1) is 13.0. The third kappa shape index (κ3) is 5.21. The molecule has 0 bridgehead atoms. The lowest BCUT2D eigenvalue weighted by molar-refractivity contribution is -0.141. The number of ether oxygens (including phenoxy) is 1. The van der Waals surface area contributed by atoms with Crippen molar-refractivity contribution >= 4 is 17.8 Å². The monoisotopic (exact) mass is 374 g/mol. The molecule has 0 radical (unpaired) electrons. The summed E-state index contributed by atoms with van der Waals surface area (Å²) < 4.78 is 5.42. The molecule has 146 valence electrons. The highest BCUT2D eigenvalue weighted by Gasteiger charge is 2.24. The number of carboxylic acids is 1. The first kappa shape index (κ1) is 19.2. The van der Waals surface area contributed by atoms with Gasteiger partial charge in [-0.3, -0.25) is 9.59 Å². The second kappa shape index (κ2) is 8.88. The SMILES string of the molecule is O=C(CCC1CCCC1)NCC(=O)NC(C(=O)O)c1ccc2c(c1)CCO2. The van der Waals surface area contributed by atoms with Gasteiger partial charge in [-0.25, -0.2) is 4.79 Å². The maximum absolute atomic E-state index is 12.1. The minimum Gasteiger partial charge on any atom is -0.493 e. The second-order valence-corrected chi connectivity index (χ2v) is 7.27. The van der Waals surface area contributed by atoms with Crippen LogP contribution in [0.5, 0.6) is 5.75 Å². The lowest BCUT2D eigenvalue weighted by atomic mass is 10.0. The van der Waals surface area contributed by atoms with Gasteiger partial charge in [0.25, 0.3) is 0 Å². The van der Waals surface area contributed by atoms with Crippen molar-refractivity contribution in [2.75, 3.05) is 13.2 Å². The molecule has 7 nitrogen and oxygen atoms in total. The van der Waals surface area contributed by atoms with Gasteiger partial charge in [-0.05, 0) is 35.6 Å². The molecule has 0 spiro atoms. The zero-order chi connectivity index (χ0) is 19.2. The summed E-state index contributed by atoms with van der Waals surface area (Å²) in [6, 6.07) is 3.97. The average molecular weight is 374 g/mol. The Morgan fingerprint density at radius 3 is 2.70 bits per heavy atom. The highest BCUT2D eigenvalue weighted by Crippen LogP contribution is 2.29. The molecule has 1 fully saturated rings. The molecular formula is C20H26N2O5. The number of hydrogen-bond acceptors (Lipinski definition) is 4. The van der Waals surface area contributed by atoms with Gasteiger partial charge < -0.3 is 20.5 Å². The molecule has 0 aromatic heterocycles. The van der Waals surface area contributed by atoms with Crippen LogP contribution in [-0.4, -0.2) is 36.0 Å². The van der Waals surface area contributed by atoms with E-state index in [9.17, 15) is 19.5 Å². The van der Waals surface area contributed by atoms with Crippen LogP contribution < -0.4 is 15.4 Å². The Bertz CT molecular complexity index is 712. The van der Waals surface area contributed by atoms with E-state index < -0.39 is 17.9 Å². The molecular weight excluding hydrogens is 348 g/mol. The van der Waals surface area contributed by atoms with Crippen LogP contribution in [0.25, 0.3) is 0 Å². The van der Waals surface area contributed by atoms with E-state index in [4.69, 9.17) is 4.74 Å². The fraction of sp³-hybridized carbons (Fsp3) is 0.550. The van der Waals surface area contributed by atoms with Crippen molar-refractivity contribution < 1.29 is 24.2 Å². The number of carbonyl (C=O) groups excluding carboxylic acids is 2. The quantitative estimate of drug-likeness (QED) is 0.645. The standard InChI is InChI=1S/C20H26N2O5/c23-17(8-5-13-3-1-2-4-13)21-12-18(24)22-19(20(25)26)15-6-7-16-14(11-15)9-10-27-16/h6-7,11,13,19H,1-5,8-10,12H2,(H,21,23)(H,22,24)(H,25,26). The van der Waals surface area contributed by atoms with Gasteiger partial charge in [-0.15, -0.1) is 0 Å². The Hall–Kier alpha value is -2.57. The van der Waals surface area contributed by atoms with E-state index in [0.717, 1.165) is 24.2 Å². The molecule has 1 aromatic rings. The zero-order valence-electron chi connectivity index (χ0n) is 15.3. The molecule has 7 heteroatoms. The number of rotatable bonds is 8. The fourth-order valence-electron chi connectivity index (χ4n) is 3.79. The first-order valence-electron chi connectivity index (χ1n) is 9.57. The van der Waals surface area contributed by atoms with Crippen molar-refractivity contribution in [3.63, 3.8) is 0 Å². The number of amides is 2. The third-order valence-corrected chi connectivity index (χ3v) is 5.30. The molecule has 3 rings (SSSR count). The van der Waals surface area contributed by atoms with E-state index in [-0.39, 0.29) is 12.5 Å². The summed E-state index contributed by atoms with van der Waals surface area (Å²) in [5.41, 5.74) is 1.43. The van der Waals surface area contributed by atoms with Gasteiger partial charge >= 0.3 is 5.97 Å². The maximum atomic E-state index is 12.1. The summed E-state index contributed by atoms with van der Waals surface area (Å²) in [5.74, 6) is -0.463. The molecule has 1 saturated carbocycles. The number of carboxylic acid groups (broad SMARTS) is 1. The molecule has 0 saturated heterocycles. The molecule has 27 heavy (non-hydrogen) atoms. The summed E-state index contributed by atoms with van der Waals surface area (Å²) in [4.78, 5) is 35.6. The predicted octanol–water partition coefficient (Wildman–Crippen LogP) is 1.95. The topological polar surface area (TPSA) is 105 Å². The van der Waals surface area contributed by atoms with Gasteiger partial charge in [0.15, 0.2) is 6.04 Å². The smallest absolute Gasteiger partial charge is 0.330 e. The maximum Gasteiger partial charge on any atom is 0.330 e. The Kier molecular flexibility index (Phi) is 6.32. The number of carbonyl (C=O) groups is 3. The Morgan fingerprint density at radius 2 is 1.96 bits per heavy atom. The molecule has 2 amide bonds. The van der Waals surface area contributed by atoms with Gasteiger partial charge in [0.1, 0.15) is 5.75 Å². The van der Waals surface area contributed by atoms with Gasteiger partial charge in [-0.1, -0.05) is 31.7 Å². The van der Waals surface area contributed by atoms with E-state index in [1.165, 1.54) is 25.7 Å². The largest absolute Gasteiger partial charge is 0.493 e. The number of aliphatic carboxylic acids is 1. The van der Waals surface area contributed by atoms with E-state index in [1.807, 2.05) is 0 Å². The fourth-order valence-corrected chi connectivity index (χ4v) is 3.79. The number of fused-ring (bicyclic) bond motifs is 1. The molecule has 2 aliphatic rings. The molecule has 1 aliphatic carbocycles. The van der Waals surface area contributed by atoms with Gasteiger partial charge in [-0.2, -0.15) is 0 Å². The summed E-state index contributed by atoms with van der Waals surface area (Å²) in [7, 11) is 0. The van der Waals surface area contributed by atoms with E-state index in [1.54, 1.807) is 18.2 Å². The van der Waals surface area contributed by atoms with Crippen molar-refractivity contribution in [2.24, 2.45) is 5.92 Å². The Balaban J connectivity index is 1.48. The Morgan fingerprint density at radius 1 is 1.19 bits per heavy atom. The van der Waals surface area contributed by atoms with Crippen molar-refractivity contribution in [1.29, 1.82) is 0 Å². The summed E-state index contributed by atoms with van der Waals surface area (Å²) in [6.45, 7) is 0.358. The highest BCUT2D eigenvalue weighted by atomic mass is 16.5. The van der Waals surface area contributed by atoms with Crippen LogP contribution >= 0.6 is 0 Å². The zero-order valence-corrected chi connectivity index (χ0v) is 15.3. The molecule has 3 N–H and O–H groups in total. The number of benzene rings is 1. The number of hydrogen-bond donors (Lipinski definition) is 3. The molecule has 1 heterocycles. The van der Waals surface area contributed by atoms with Crippen molar-refractivity contribution in [3.05, 3.63) is 29.3 Å². The van der Waals surface area contributed by atoms with Gasteiger partial charge in [0.2, 0.25) is 11.8 Å². The van der Waals surface area contributed by atoms with Gasteiger partial charge in [0.05, 0.1) is 13.2 Å². The minimum atomic E-state index is -1.15. The highest BCUT2D eigenvalue weighted by molar-refractivity contribution is 5.88. The van der Waals surface area contributed by atoms with E-state index in [0.29, 0.717) is 24.5 Å². The summed E-state index contributed by atoms with van der Waals surface area (Å²) in [5, 5.41) is 14.5. The lowest BCUT2D eigenvalue weighted by Crippen LogP contribution is -2.41. The Labute approximate surface area is 158 Å². The van der Waals surface area contributed by atoms with Crippen LogP contribution in [0, 0.1) is 5.92 Å². The molecule has 1 atom stereocenters. The summed E-state index contributed by atoms with van der Waals surface area (Å²) in [6.07, 6.45) is 6.81. The lowest BCUT2D eigenvalue weighted by Gasteiger charge is -2.16. The van der Waals surface area contributed by atoms with Crippen LogP contribution in [0.3, 0.4) is 0 Å². The molecule has 1 aromatic carbocycles. The van der Waals surface area contributed by atoms with Crippen molar-refractivity contribution in [2.45, 2.75) is 51.0 Å². The van der Waals surface area contributed by atoms with E-state index >= 15 is 0 Å². The van der Waals surface area contributed by atoms with Crippen LogP contribution in [0.1, 0.15) is 55.7 Å². The van der Waals surface area contributed by atoms with Crippen LogP contribution in [0.4, 0.5) is 0 Å². The van der Waals surface area contributed by atoms with Crippen LogP contribution in [0.15, 0.2) is 18.2 Å². The van der Waals surface area contributed by atoms with Gasteiger partial charge in [0, 0.05) is 12.8 Å².